The summed E-state index contributed by atoms with van der Waals surface area (Å²) in [6, 6.07) is 14.5. The lowest BCUT2D eigenvalue weighted by Crippen LogP contribution is -2.48. The van der Waals surface area contributed by atoms with E-state index in [9.17, 15) is 13.2 Å². The third kappa shape index (κ3) is 4.28. The van der Waals surface area contributed by atoms with Crippen LogP contribution in [0.1, 0.15) is 13.3 Å². The second kappa shape index (κ2) is 8.62. The van der Waals surface area contributed by atoms with Crippen LogP contribution in [0, 0.1) is 0 Å². The second-order valence-corrected chi connectivity index (χ2v) is 8.43. The van der Waals surface area contributed by atoms with Crippen LogP contribution in [0.25, 0.3) is 0 Å². The largest absolute Gasteiger partial charge is 0.495 e. The van der Waals surface area contributed by atoms with Gasteiger partial charge in [0, 0.05) is 38.3 Å². The Balaban J connectivity index is 1.77. The van der Waals surface area contributed by atoms with Crippen LogP contribution in [0.5, 0.6) is 5.75 Å². The molecule has 0 spiro atoms. The summed E-state index contributed by atoms with van der Waals surface area (Å²) < 4.78 is 32.9. The summed E-state index contributed by atoms with van der Waals surface area (Å²) in [7, 11) is -2.18. The molecule has 1 fully saturated rings. The van der Waals surface area contributed by atoms with Gasteiger partial charge in [-0.3, -0.25) is 4.79 Å². The average molecular weight is 404 g/mol. The number of sulfonamides is 1. The minimum atomic E-state index is -3.66. The van der Waals surface area contributed by atoms with Crippen LogP contribution in [0.15, 0.2) is 53.4 Å². The van der Waals surface area contributed by atoms with E-state index in [-0.39, 0.29) is 10.8 Å². The number of benzene rings is 2. The van der Waals surface area contributed by atoms with Gasteiger partial charge in [0.05, 0.1) is 17.7 Å². The van der Waals surface area contributed by atoms with E-state index in [1.54, 1.807) is 13.0 Å². The molecule has 1 saturated heterocycles. The van der Waals surface area contributed by atoms with E-state index in [2.05, 4.69) is 10.2 Å². The number of methoxy groups -OCH3 is 1. The Morgan fingerprint density at radius 2 is 1.75 bits per heavy atom. The lowest BCUT2D eigenvalue weighted by atomic mass is 10.2. The van der Waals surface area contributed by atoms with Crippen molar-refractivity contribution in [1.82, 2.24) is 4.31 Å². The Morgan fingerprint density at radius 3 is 2.36 bits per heavy atom. The van der Waals surface area contributed by atoms with E-state index in [1.807, 2.05) is 30.3 Å². The van der Waals surface area contributed by atoms with Crippen molar-refractivity contribution in [3.05, 3.63) is 48.5 Å². The monoisotopic (exact) mass is 403 g/mol. The molecule has 0 aromatic heterocycles. The summed E-state index contributed by atoms with van der Waals surface area (Å²) in [5.74, 6) is 0.221. The molecule has 2 aromatic rings. The van der Waals surface area contributed by atoms with Crippen LogP contribution in [0.4, 0.5) is 11.4 Å². The van der Waals surface area contributed by atoms with E-state index >= 15 is 0 Å². The first-order chi connectivity index (χ1) is 13.5. The van der Waals surface area contributed by atoms with Gasteiger partial charge in [-0.15, -0.1) is 0 Å². The lowest BCUT2D eigenvalue weighted by Gasteiger charge is -2.35. The fraction of sp³-hybridized carbons (Fsp3) is 0.350. The Labute approximate surface area is 166 Å². The highest BCUT2D eigenvalue weighted by Gasteiger charge is 2.29. The number of nitrogens with one attached hydrogen (secondary N) is 1. The number of nitrogens with zero attached hydrogens (tertiary/aromatic N) is 2. The van der Waals surface area contributed by atoms with Crippen molar-refractivity contribution >= 4 is 27.3 Å². The highest BCUT2D eigenvalue weighted by atomic mass is 32.2. The van der Waals surface area contributed by atoms with Crippen LogP contribution in [0.2, 0.25) is 0 Å². The molecule has 7 nitrogen and oxygen atoms in total. The predicted octanol–water partition coefficient (Wildman–Crippen LogP) is 2.55. The fourth-order valence-corrected chi connectivity index (χ4v) is 4.61. The number of para-hydroxylation sites is 1. The van der Waals surface area contributed by atoms with E-state index < -0.39 is 10.0 Å². The van der Waals surface area contributed by atoms with Crippen LogP contribution >= 0.6 is 0 Å². The maximum atomic E-state index is 13.1. The van der Waals surface area contributed by atoms with Gasteiger partial charge in [0.2, 0.25) is 15.9 Å². The van der Waals surface area contributed by atoms with Crippen LogP contribution in [-0.4, -0.2) is 51.9 Å². The molecular formula is C20H25N3O4S. The number of amides is 1. The maximum Gasteiger partial charge on any atom is 0.243 e. The summed E-state index contributed by atoms with van der Waals surface area (Å²) in [6.07, 6.45) is 0.293. The minimum Gasteiger partial charge on any atom is -0.495 e. The van der Waals surface area contributed by atoms with Gasteiger partial charge in [0.15, 0.2) is 0 Å². The molecule has 1 N–H and O–H groups in total. The molecule has 28 heavy (non-hydrogen) atoms. The maximum absolute atomic E-state index is 13.1. The molecule has 1 amide bonds. The number of carbonyl (C=O) groups is 1. The fourth-order valence-electron chi connectivity index (χ4n) is 3.16. The molecule has 1 aliphatic rings. The van der Waals surface area contributed by atoms with E-state index in [0.29, 0.717) is 44.0 Å². The summed E-state index contributed by atoms with van der Waals surface area (Å²) in [5.41, 5.74) is 1.45. The molecule has 2 aromatic carbocycles. The summed E-state index contributed by atoms with van der Waals surface area (Å²) >= 11 is 0. The molecule has 0 saturated carbocycles. The van der Waals surface area contributed by atoms with Gasteiger partial charge in [-0.1, -0.05) is 25.1 Å². The molecule has 0 atom stereocenters. The van der Waals surface area contributed by atoms with Crippen LogP contribution in [0.3, 0.4) is 0 Å². The Bertz CT molecular complexity index is 924. The molecule has 0 aliphatic carbocycles. The van der Waals surface area contributed by atoms with Gasteiger partial charge in [0.25, 0.3) is 0 Å². The zero-order valence-corrected chi connectivity index (χ0v) is 16.9. The predicted molar refractivity (Wildman–Crippen MR) is 109 cm³/mol. The molecule has 3 rings (SSSR count). The molecule has 0 radical (unpaired) electrons. The van der Waals surface area contributed by atoms with Crippen molar-refractivity contribution < 1.29 is 17.9 Å². The zero-order chi connectivity index (χ0) is 20.1. The highest BCUT2D eigenvalue weighted by Crippen LogP contribution is 2.29. The van der Waals surface area contributed by atoms with Crippen molar-refractivity contribution in [2.24, 2.45) is 0 Å². The van der Waals surface area contributed by atoms with E-state index in [1.165, 1.54) is 23.5 Å². The summed E-state index contributed by atoms with van der Waals surface area (Å²) in [6.45, 7) is 3.78. The first-order valence-electron chi connectivity index (χ1n) is 9.23. The van der Waals surface area contributed by atoms with E-state index in [4.69, 9.17) is 4.74 Å². The summed E-state index contributed by atoms with van der Waals surface area (Å²) in [5, 5.41) is 2.70. The minimum absolute atomic E-state index is 0.146. The number of hydrogen-bond acceptors (Lipinski definition) is 5. The molecular weight excluding hydrogens is 378 g/mol. The van der Waals surface area contributed by atoms with Crippen molar-refractivity contribution in [2.75, 3.05) is 43.5 Å². The average Bonchev–Trinajstić information content (AvgIpc) is 2.74. The van der Waals surface area contributed by atoms with Crippen molar-refractivity contribution in [1.29, 1.82) is 0 Å². The number of carbonyl (C=O) groups excluding carboxylic acids is 1. The standard InChI is InChI=1S/C20H25N3O4S/c1-3-20(24)21-18-15-17(9-10-19(18)27-2)28(25,26)23-13-11-22(12-14-23)16-7-5-4-6-8-16/h4-10,15H,3,11-14H2,1-2H3,(H,21,24). The molecule has 1 aliphatic heterocycles. The van der Waals surface area contributed by atoms with E-state index in [0.717, 1.165) is 5.69 Å². The Morgan fingerprint density at radius 1 is 1.07 bits per heavy atom. The van der Waals surface area contributed by atoms with Crippen molar-refractivity contribution in [3.8, 4) is 5.75 Å². The van der Waals surface area contributed by atoms with Gasteiger partial charge in [-0.05, 0) is 30.3 Å². The quantitative estimate of drug-likeness (QED) is 0.802. The van der Waals surface area contributed by atoms with Crippen molar-refractivity contribution in [3.63, 3.8) is 0 Å². The van der Waals surface area contributed by atoms with Gasteiger partial charge in [0.1, 0.15) is 5.75 Å². The van der Waals surface area contributed by atoms with Gasteiger partial charge >= 0.3 is 0 Å². The molecule has 0 unspecified atom stereocenters. The first kappa shape index (κ1) is 20.2. The van der Waals surface area contributed by atoms with Crippen LogP contribution < -0.4 is 15.0 Å². The first-order valence-corrected chi connectivity index (χ1v) is 10.7. The molecule has 150 valence electrons. The number of rotatable bonds is 6. The SMILES string of the molecule is CCC(=O)Nc1cc(S(=O)(=O)N2CCN(c3ccccc3)CC2)ccc1OC. The third-order valence-corrected chi connectivity index (χ3v) is 6.66. The van der Waals surface area contributed by atoms with Crippen molar-refractivity contribution in [2.45, 2.75) is 18.2 Å². The van der Waals surface area contributed by atoms with Crippen LogP contribution in [-0.2, 0) is 14.8 Å². The molecule has 0 bridgehead atoms. The second-order valence-electron chi connectivity index (χ2n) is 6.49. The summed E-state index contributed by atoms with van der Waals surface area (Å²) in [4.78, 5) is 14.1. The topological polar surface area (TPSA) is 79.0 Å². The number of anilines is 2. The molecule has 8 heteroatoms. The smallest absolute Gasteiger partial charge is 0.243 e. The molecule has 1 heterocycles. The Kier molecular flexibility index (Phi) is 6.21. The normalized spacial score (nSPS) is 15.3. The number of ether oxygens (including phenoxy) is 1. The highest BCUT2D eigenvalue weighted by molar-refractivity contribution is 7.89. The number of hydrogen-bond donors (Lipinski definition) is 1. The zero-order valence-electron chi connectivity index (χ0n) is 16.1. The third-order valence-electron chi connectivity index (χ3n) is 4.76. The van der Waals surface area contributed by atoms with Gasteiger partial charge in [-0.2, -0.15) is 4.31 Å². The lowest BCUT2D eigenvalue weighted by molar-refractivity contribution is -0.115. The Hall–Kier alpha value is -2.58. The number of piperazine rings is 1. The van der Waals surface area contributed by atoms with Gasteiger partial charge < -0.3 is 15.0 Å². The van der Waals surface area contributed by atoms with Gasteiger partial charge in [-0.25, -0.2) is 8.42 Å².